The topological polar surface area (TPSA) is 63.5 Å². The van der Waals surface area contributed by atoms with Crippen LogP contribution >= 0.6 is 22.9 Å². The van der Waals surface area contributed by atoms with Gasteiger partial charge in [-0.15, -0.1) is 11.3 Å². The maximum absolute atomic E-state index is 12.8. The van der Waals surface area contributed by atoms with Crippen molar-refractivity contribution in [3.8, 4) is 0 Å². The fourth-order valence-corrected chi connectivity index (χ4v) is 3.91. The number of carbonyl (C=O) groups is 1. The van der Waals surface area contributed by atoms with Gasteiger partial charge in [0.1, 0.15) is 5.56 Å². The van der Waals surface area contributed by atoms with Crippen LogP contribution in [-0.2, 0) is 6.42 Å². The lowest BCUT2D eigenvalue weighted by Gasteiger charge is -2.33. The Balaban J connectivity index is 1.97. The summed E-state index contributed by atoms with van der Waals surface area (Å²) in [6.45, 7) is 2.51. The second-order valence-electron chi connectivity index (χ2n) is 5.14. The molecule has 1 aromatic carbocycles. The minimum Gasteiger partial charge on any atom is -0.331 e. The normalized spacial score (nSPS) is 17.2. The molecule has 5 nitrogen and oxygen atoms in total. The van der Waals surface area contributed by atoms with E-state index in [9.17, 15) is 14.9 Å². The number of nitro groups is 1. The smallest absolute Gasteiger partial charge is 0.283 e. The van der Waals surface area contributed by atoms with E-state index < -0.39 is 4.92 Å². The van der Waals surface area contributed by atoms with Crippen LogP contribution in [0.1, 0.15) is 33.8 Å². The van der Waals surface area contributed by atoms with Gasteiger partial charge in [-0.25, -0.2) is 0 Å². The zero-order chi connectivity index (χ0) is 15.9. The van der Waals surface area contributed by atoms with E-state index in [1.807, 2.05) is 18.4 Å². The molecule has 22 heavy (non-hydrogen) atoms. The molecular weight excluding hydrogens is 324 g/mol. The van der Waals surface area contributed by atoms with E-state index in [2.05, 4.69) is 0 Å². The third-order valence-electron chi connectivity index (χ3n) is 3.92. The minimum atomic E-state index is -0.566. The van der Waals surface area contributed by atoms with Gasteiger partial charge in [0.15, 0.2) is 0 Å². The molecule has 2 heterocycles. The van der Waals surface area contributed by atoms with E-state index in [-0.39, 0.29) is 28.2 Å². The molecule has 0 saturated carbocycles. The van der Waals surface area contributed by atoms with Gasteiger partial charge in [0.25, 0.3) is 11.6 Å². The molecule has 1 aliphatic rings. The third-order valence-corrected chi connectivity index (χ3v) is 5.16. The van der Waals surface area contributed by atoms with Crippen LogP contribution in [0.5, 0.6) is 0 Å². The lowest BCUT2D eigenvalue weighted by atomic mass is 10.00. The summed E-state index contributed by atoms with van der Waals surface area (Å²) in [5.74, 6) is -0.326. The fraction of sp³-hybridized carbons (Fsp3) is 0.267. The summed E-state index contributed by atoms with van der Waals surface area (Å²) in [6.07, 6.45) is 0.782. The Hall–Kier alpha value is -1.92. The van der Waals surface area contributed by atoms with Crippen molar-refractivity contribution < 1.29 is 9.72 Å². The molecule has 3 rings (SSSR count). The van der Waals surface area contributed by atoms with Gasteiger partial charge >= 0.3 is 0 Å². The Labute approximate surface area is 136 Å². The largest absolute Gasteiger partial charge is 0.331 e. The van der Waals surface area contributed by atoms with E-state index in [0.29, 0.717) is 6.54 Å². The molecule has 0 N–H and O–H groups in total. The fourth-order valence-electron chi connectivity index (χ4n) is 2.78. The lowest BCUT2D eigenvalue weighted by molar-refractivity contribution is -0.385. The summed E-state index contributed by atoms with van der Waals surface area (Å²) in [6, 6.07) is 6.09. The summed E-state index contributed by atoms with van der Waals surface area (Å²) < 4.78 is 0. The molecule has 0 aliphatic carbocycles. The van der Waals surface area contributed by atoms with Crippen LogP contribution in [0, 0.1) is 10.1 Å². The predicted octanol–water partition coefficient (Wildman–Crippen LogP) is 4.07. The second-order valence-corrected chi connectivity index (χ2v) is 6.58. The monoisotopic (exact) mass is 336 g/mol. The Morgan fingerprint density at radius 2 is 2.23 bits per heavy atom. The van der Waals surface area contributed by atoms with Crippen LogP contribution in [0.2, 0.25) is 5.02 Å². The quantitative estimate of drug-likeness (QED) is 0.613. The number of hydrogen-bond acceptors (Lipinski definition) is 4. The first-order valence-corrected chi connectivity index (χ1v) is 8.06. The molecule has 0 saturated heterocycles. The molecule has 0 spiro atoms. The van der Waals surface area contributed by atoms with Crippen molar-refractivity contribution >= 4 is 34.5 Å². The van der Waals surface area contributed by atoms with E-state index in [1.54, 1.807) is 16.2 Å². The molecule has 7 heteroatoms. The second kappa shape index (κ2) is 5.70. The third kappa shape index (κ3) is 2.48. The molecule has 2 aromatic rings. The highest BCUT2D eigenvalue weighted by molar-refractivity contribution is 7.10. The zero-order valence-corrected chi connectivity index (χ0v) is 13.4. The van der Waals surface area contributed by atoms with Crippen LogP contribution < -0.4 is 0 Å². The van der Waals surface area contributed by atoms with E-state index in [1.165, 1.54) is 23.1 Å². The standard InChI is InChI=1S/C15H13ClN2O3S/c1-9-11-5-7-22-14(11)4-6-17(9)15(19)12-3-2-10(16)8-13(12)18(20)21/h2-3,5,7-9H,4,6H2,1H3/t9-/m0/s1. The van der Waals surface area contributed by atoms with Crippen LogP contribution in [0.25, 0.3) is 0 Å². The van der Waals surface area contributed by atoms with Crippen LogP contribution in [0.15, 0.2) is 29.6 Å². The summed E-state index contributed by atoms with van der Waals surface area (Å²) in [5, 5.41) is 13.4. The summed E-state index contributed by atoms with van der Waals surface area (Å²) in [5.41, 5.74) is 0.960. The van der Waals surface area contributed by atoms with Crippen molar-refractivity contribution in [3.63, 3.8) is 0 Å². The number of rotatable bonds is 2. The van der Waals surface area contributed by atoms with Gasteiger partial charge in [-0.1, -0.05) is 11.6 Å². The van der Waals surface area contributed by atoms with E-state index >= 15 is 0 Å². The molecular formula is C15H13ClN2O3S. The highest BCUT2D eigenvalue weighted by atomic mass is 35.5. The van der Waals surface area contributed by atoms with Crippen molar-refractivity contribution in [1.29, 1.82) is 0 Å². The Bertz CT molecular complexity index is 759. The molecule has 1 aliphatic heterocycles. The van der Waals surface area contributed by atoms with Gasteiger partial charge < -0.3 is 4.90 Å². The number of hydrogen-bond donors (Lipinski definition) is 0. The van der Waals surface area contributed by atoms with Gasteiger partial charge in [0, 0.05) is 22.5 Å². The molecule has 0 bridgehead atoms. The number of halogens is 1. The molecule has 1 aromatic heterocycles. The average Bonchev–Trinajstić information content (AvgIpc) is 2.96. The average molecular weight is 337 g/mol. The number of carbonyl (C=O) groups excluding carboxylic acids is 1. The molecule has 1 atom stereocenters. The van der Waals surface area contributed by atoms with E-state index in [0.717, 1.165) is 12.0 Å². The first-order chi connectivity index (χ1) is 10.5. The molecule has 0 unspecified atom stereocenters. The summed E-state index contributed by atoms with van der Waals surface area (Å²) in [7, 11) is 0. The van der Waals surface area contributed by atoms with Crippen molar-refractivity contribution in [1.82, 2.24) is 4.90 Å². The van der Waals surface area contributed by atoms with Gasteiger partial charge in [0.05, 0.1) is 11.0 Å². The number of nitrogens with zero attached hydrogens (tertiary/aromatic N) is 2. The maximum atomic E-state index is 12.8. The summed E-state index contributed by atoms with van der Waals surface area (Å²) >= 11 is 7.49. The summed E-state index contributed by atoms with van der Waals surface area (Å²) in [4.78, 5) is 26.3. The van der Waals surface area contributed by atoms with Gasteiger partial charge in [-0.2, -0.15) is 0 Å². The van der Waals surface area contributed by atoms with Gasteiger partial charge in [-0.05, 0) is 42.5 Å². The van der Waals surface area contributed by atoms with Crippen molar-refractivity contribution in [2.75, 3.05) is 6.54 Å². The maximum Gasteiger partial charge on any atom is 0.283 e. The Morgan fingerprint density at radius 1 is 1.45 bits per heavy atom. The number of fused-ring (bicyclic) bond motifs is 1. The number of amides is 1. The lowest BCUT2D eigenvalue weighted by Crippen LogP contribution is -2.38. The first-order valence-electron chi connectivity index (χ1n) is 6.80. The predicted molar refractivity (Wildman–Crippen MR) is 85.6 cm³/mol. The Kier molecular flexibility index (Phi) is 3.88. The number of nitro benzene ring substituents is 1. The van der Waals surface area contributed by atoms with Gasteiger partial charge in [-0.3, -0.25) is 14.9 Å². The minimum absolute atomic E-state index is 0.0833. The van der Waals surface area contributed by atoms with Crippen LogP contribution in [0.3, 0.4) is 0 Å². The van der Waals surface area contributed by atoms with Crippen LogP contribution in [-0.4, -0.2) is 22.3 Å². The van der Waals surface area contributed by atoms with Crippen molar-refractivity contribution in [2.24, 2.45) is 0 Å². The molecule has 1 amide bonds. The number of thiophene rings is 1. The first kappa shape index (κ1) is 15.0. The van der Waals surface area contributed by atoms with Crippen molar-refractivity contribution in [3.05, 3.63) is 60.8 Å². The highest BCUT2D eigenvalue weighted by Gasteiger charge is 2.32. The van der Waals surface area contributed by atoms with Gasteiger partial charge in [0.2, 0.25) is 0 Å². The van der Waals surface area contributed by atoms with Crippen LogP contribution in [0.4, 0.5) is 5.69 Å². The Morgan fingerprint density at radius 3 is 2.95 bits per heavy atom. The molecule has 0 fully saturated rings. The SMILES string of the molecule is C[C@H]1c2ccsc2CCN1C(=O)c1ccc(Cl)cc1[N+](=O)[O-]. The zero-order valence-electron chi connectivity index (χ0n) is 11.8. The number of benzene rings is 1. The van der Waals surface area contributed by atoms with Crippen molar-refractivity contribution in [2.45, 2.75) is 19.4 Å². The molecule has 0 radical (unpaired) electrons. The molecule has 114 valence electrons. The van der Waals surface area contributed by atoms with E-state index in [4.69, 9.17) is 11.6 Å². The highest BCUT2D eigenvalue weighted by Crippen LogP contribution is 2.35.